The Morgan fingerprint density at radius 1 is 1.11 bits per heavy atom. The van der Waals surface area contributed by atoms with Crippen LogP contribution in [-0.4, -0.2) is 5.11 Å². The van der Waals surface area contributed by atoms with Crippen molar-refractivity contribution in [1.29, 1.82) is 0 Å². The average molecular weight is 260 g/mol. The molecule has 1 nitrogen and oxygen atoms in total. The Kier molecular flexibility index (Phi) is 4.67. The molecule has 1 saturated carbocycles. The van der Waals surface area contributed by atoms with Crippen LogP contribution in [0.3, 0.4) is 0 Å². The SMILES string of the molecule is CCC1CCCC(C(O)c2cc(C)c(C)cc2C)C1. The first-order chi connectivity index (χ1) is 9.02. The van der Waals surface area contributed by atoms with Gasteiger partial charge in [0, 0.05) is 0 Å². The molecule has 2 rings (SSSR count). The predicted molar refractivity (Wildman–Crippen MR) is 81.4 cm³/mol. The maximum absolute atomic E-state index is 10.8. The summed E-state index contributed by atoms with van der Waals surface area (Å²) in [4.78, 5) is 0. The van der Waals surface area contributed by atoms with Gasteiger partial charge in [-0.1, -0.05) is 38.3 Å². The monoisotopic (exact) mass is 260 g/mol. The first kappa shape index (κ1) is 14.6. The van der Waals surface area contributed by atoms with Gasteiger partial charge in [0.05, 0.1) is 6.10 Å². The van der Waals surface area contributed by atoms with Crippen molar-refractivity contribution in [3.8, 4) is 0 Å². The van der Waals surface area contributed by atoms with E-state index in [1.807, 2.05) is 0 Å². The largest absolute Gasteiger partial charge is 0.388 e. The molecule has 0 spiro atoms. The minimum atomic E-state index is -0.270. The van der Waals surface area contributed by atoms with Gasteiger partial charge < -0.3 is 5.11 Å². The lowest BCUT2D eigenvalue weighted by molar-refractivity contribution is 0.0673. The highest BCUT2D eigenvalue weighted by Gasteiger charge is 2.28. The van der Waals surface area contributed by atoms with E-state index in [-0.39, 0.29) is 6.10 Å². The highest BCUT2D eigenvalue weighted by Crippen LogP contribution is 2.39. The summed E-state index contributed by atoms with van der Waals surface area (Å²) in [6, 6.07) is 4.42. The maximum atomic E-state index is 10.8. The molecule has 0 saturated heterocycles. The fourth-order valence-electron chi connectivity index (χ4n) is 3.55. The topological polar surface area (TPSA) is 20.2 Å². The average Bonchev–Trinajstić information content (AvgIpc) is 2.42. The van der Waals surface area contributed by atoms with Gasteiger partial charge in [-0.15, -0.1) is 0 Å². The van der Waals surface area contributed by atoms with E-state index in [1.165, 1.54) is 48.8 Å². The third kappa shape index (κ3) is 3.20. The second-order valence-electron chi connectivity index (χ2n) is 6.44. The highest BCUT2D eigenvalue weighted by molar-refractivity contribution is 5.37. The molecule has 19 heavy (non-hydrogen) atoms. The van der Waals surface area contributed by atoms with E-state index >= 15 is 0 Å². The zero-order chi connectivity index (χ0) is 14.0. The minimum absolute atomic E-state index is 0.270. The van der Waals surface area contributed by atoms with E-state index in [4.69, 9.17) is 0 Å². The van der Waals surface area contributed by atoms with Crippen LogP contribution in [0.25, 0.3) is 0 Å². The summed E-state index contributed by atoms with van der Waals surface area (Å²) in [5.41, 5.74) is 5.02. The zero-order valence-corrected chi connectivity index (χ0v) is 12.9. The number of hydrogen-bond donors (Lipinski definition) is 1. The molecule has 0 radical (unpaired) electrons. The van der Waals surface area contributed by atoms with Crippen molar-refractivity contribution in [1.82, 2.24) is 0 Å². The van der Waals surface area contributed by atoms with Crippen molar-refractivity contribution in [2.75, 3.05) is 0 Å². The number of aliphatic hydroxyl groups excluding tert-OH is 1. The van der Waals surface area contributed by atoms with Crippen molar-refractivity contribution < 1.29 is 5.11 Å². The summed E-state index contributed by atoms with van der Waals surface area (Å²) in [6.07, 6.45) is 6.01. The molecule has 1 aromatic rings. The zero-order valence-electron chi connectivity index (χ0n) is 12.9. The van der Waals surface area contributed by atoms with Gasteiger partial charge in [-0.05, 0) is 67.7 Å². The summed E-state index contributed by atoms with van der Waals surface area (Å²) in [5.74, 6) is 1.28. The normalized spacial score (nSPS) is 25.3. The van der Waals surface area contributed by atoms with Crippen LogP contribution >= 0.6 is 0 Å². The third-order valence-electron chi connectivity index (χ3n) is 5.05. The molecule has 0 heterocycles. The van der Waals surface area contributed by atoms with Gasteiger partial charge in [-0.3, -0.25) is 0 Å². The predicted octanol–water partition coefficient (Wildman–Crippen LogP) is 4.86. The summed E-state index contributed by atoms with van der Waals surface area (Å²) >= 11 is 0. The van der Waals surface area contributed by atoms with Gasteiger partial charge in [0.1, 0.15) is 0 Å². The fourth-order valence-corrected chi connectivity index (χ4v) is 3.55. The molecule has 1 aliphatic carbocycles. The third-order valence-corrected chi connectivity index (χ3v) is 5.05. The Morgan fingerprint density at radius 3 is 2.47 bits per heavy atom. The molecule has 106 valence electrons. The summed E-state index contributed by atoms with van der Waals surface area (Å²) in [5, 5.41) is 10.8. The molecule has 1 fully saturated rings. The maximum Gasteiger partial charge on any atom is 0.0820 e. The Labute approximate surface area is 118 Å². The van der Waals surface area contributed by atoms with Gasteiger partial charge in [0.15, 0.2) is 0 Å². The molecule has 1 heteroatoms. The molecule has 1 aliphatic rings. The highest BCUT2D eigenvalue weighted by atomic mass is 16.3. The smallest absolute Gasteiger partial charge is 0.0820 e. The van der Waals surface area contributed by atoms with Crippen LogP contribution in [0, 0.1) is 32.6 Å². The molecule has 0 bridgehead atoms. The summed E-state index contributed by atoms with van der Waals surface area (Å²) < 4.78 is 0. The van der Waals surface area contributed by atoms with Gasteiger partial charge >= 0.3 is 0 Å². The standard InChI is InChI=1S/C18H28O/c1-5-15-7-6-8-16(11-15)18(19)17-10-13(3)12(2)9-14(17)4/h9-10,15-16,18-19H,5-8,11H2,1-4H3. The number of aryl methyl sites for hydroxylation is 3. The quantitative estimate of drug-likeness (QED) is 0.822. The summed E-state index contributed by atoms with van der Waals surface area (Å²) in [6.45, 7) is 8.69. The number of benzene rings is 1. The van der Waals surface area contributed by atoms with Crippen LogP contribution < -0.4 is 0 Å². The first-order valence-electron chi connectivity index (χ1n) is 7.78. The van der Waals surface area contributed by atoms with Crippen LogP contribution in [0.4, 0.5) is 0 Å². The van der Waals surface area contributed by atoms with Gasteiger partial charge in [0.25, 0.3) is 0 Å². The first-order valence-corrected chi connectivity index (χ1v) is 7.78. The Hall–Kier alpha value is -0.820. The van der Waals surface area contributed by atoms with E-state index in [0.29, 0.717) is 5.92 Å². The van der Waals surface area contributed by atoms with E-state index in [9.17, 15) is 5.11 Å². The van der Waals surface area contributed by atoms with Crippen molar-refractivity contribution in [3.05, 3.63) is 34.4 Å². The number of aliphatic hydroxyl groups is 1. The molecule has 0 aliphatic heterocycles. The Morgan fingerprint density at radius 2 is 1.79 bits per heavy atom. The van der Waals surface area contributed by atoms with E-state index in [2.05, 4.69) is 39.8 Å². The molecule has 0 amide bonds. The van der Waals surface area contributed by atoms with E-state index < -0.39 is 0 Å². The molecule has 3 unspecified atom stereocenters. The van der Waals surface area contributed by atoms with Crippen LogP contribution in [0.1, 0.15) is 67.4 Å². The Bertz CT molecular complexity index is 436. The molecule has 3 atom stereocenters. The fraction of sp³-hybridized carbons (Fsp3) is 0.667. The minimum Gasteiger partial charge on any atom is -0.388 e. The van der Waals surface area contributed by atoms with Crippen molar-refractivity contribution >= 4 is 0 Å². The second-order valence-corrected chi connectivity index (χ2v) is 6.44. The van der Waals surface area contributed by atoms with Crippen molar-refractivity contribution in [3.63, 3.8) is 0 Å². The molecular formula is C18H28O. The van der Waals surface area contributed by atoms with Crippen LogP contribution in [0.5, 0.6) is 0 Å². The lowest BCUT2D eigenvalue weighted by atomic mass is 9.75. The van der Waals surface area contributed by atoms with Crippen molar-refractivity contribution in [2.24, 2.45) is 11.8 Å². The molecule has 1 aromatic carbocycles. The second kappa shape index (κ2) is 6.09. The molecule has 1 N–H and O–H groups in total. The van der Waals surface area contributed by atoms with E-state index in [1.54, 1.807) is 0 Å². The van der Waals surface area contributed by atoms with Crippen LogP contribution in [0.15, 0.2) is 12.1 Å². The van der Waals surface area contributed by atoms with Gasteiger partial charge in [-0.2, -0.15) is 0 Å². The van der Waals surface area contributed by atoms with Gasteiger partial charge in [-0.25, -0.2) is 0 Å². The summed E-state index contributed by atoms with van der Waals surface area (Å²) in [7, 11) is 0. The van der Waals surface area contributed by atoms with Gasteiger partial charge in [0.2, 0.25) is 0 Å². The van der Waals surface area contributed by atoms with Crippen molar-refractivity contribution in [2.45, 2.75) is 65.9 Å². The lowest BCUT2D eigenvalue weighted by Gasteiger charge is -2.32. The molecule has 0 aromatic heterocycles. The van der Waals surface area contributed by atoms with Crippen LogP contribution in [0.2, 0.25) is 0 Å². The number of rotatable bonds is 3. The van der Waals surface area contributed by atoms with Crippen LogP contribution in [-0.2, 0) is 0 Å². The van der Waals surface area contributed by atoms with E-state index in [0.717, 1.165) is 11.5 Å². The lowest BCUT2D eigenvalue weighted by Crippen LogP contribution is -2.22. The Balaban J connectivity index is 2.19. The molecular weight excluding hydrogens is 232 g/mol. The number of hydrogen-bond acceptors (Lipinski definition) is 1.